The van der Waals surface area contributed by atoms with E-state index in [1.54, 1.807) is 6.33 Å². The fourth-order valence-corrected chi connectivity index (χ4v) is 3.07. The molecule has 106 valence electrons. The maximum Gasteiger partial charge on any atom is 0.137 e. The van der Waals surface area contributed by atoms with E-state index < -0.39 is 0 Å². The van der Waals surface area contributed by atoms with Gasteiger partial charge in [-0.3, -0.25) is 0 Å². The molecule has 4 nitrogen and oxygen atoms in total. The minimum Gasteiger partial charge on any atom is -0.373 e. The summed E-state index contributed by atoms with van der Waals surface area (Å²) >= 11 is 0. The van der Waals surface area contributed by atoms with E-state index in [-0.39, 0.29) is 0 Å². The highest BCUT2D eigenvalue weighted by Gasteiger charge is 2.27. The third kappa shape index (κ3) is 2.82. The van der Waals surface area contributed by atoms with Crippen molar-refractivity contribution in [2.24, 2.45) is 5.92 Å². The molecule has 1 N–H and O–H groups in total. The van der Waals surface area contributed by atoms with Crippen LogP contribution in [0.2, 0.25) is 0 Å². The zero-order chi connectivity index (χ0) is 14.0. The van der Waals surface area contributed by atoms with E-state index in [2.05, 4.69) is 47.9 Å². The van der Waals surface area contributed by atoms with Crippen LogP contribution < -0.4 is 10.2 Å². The van der Waals surface area contributed by atoms with Gasteiger partial charge in [-0.05, 0) is 31.6 Å². The van der Waals surface area contributed by atoms with Crippen molar-refractivity contribution >= 4 is 11.6 Å². The van der Waals surface area contributed by atoms with Crippen molar-refractivity contribution < 1.29 is 0 Å². The standard InChI is InChI=1S/C15H26N4/c1-10(2)13-14(16-5)17-9-18-15(13)19-7-6-11(3)8-12(19)4/h9-12H,6-8H2,1-5H3,(H,16,17,18). The highest BCUT2D eigenvalue weighted by molar-refractivity contribution is 5.60. The number of nitrogens with zero attached hydrogens (tertiary/aromatic N) is 3. The van der Waals surface area contributed by atoms with Crippen LogP contribution in [0.4, 0.5) is 11.6 Å². The van der Waals surface area contributed by atoms with Gasteiger partial charge in [-0.2, -0.15) is 0 Å². The molecular formula is C15H26N4. The number of rotatable bonds is 3. The summed E-state index contributed by atoms with van der Waals surface area (Å²) in [5.74, 6) is 3.32. The summed E-state index contributed by atoms with van der Waals surface area (Å²) < 4.78 is 0. The van der Waals surface area contributed by atoms with Crippen LogP contribution in [0.3, 0.4) is 0 Å². The van der Waals surface area contributed by atoms with Crippen molar-refractivity contribution in [3.8, 4) is 0 Å². The van der Waals surface area contributed by atoms with Crippen molar-refractivity contribution in [1.82, 2.24) is 9.97 Å². The summed E-state index contributed by atoms with van der Waals surface area (Å²) in [5, 5.41) is 3.20. The molecule has 1 aliphatic heterocycles. The second-order valence-corrected chi connectivity index (χ2v) is 6.04. The second-order valence-electron chi connectivity index (χ2n) is 6.04. The summed E-state index contributed by atoms with van der Waals surface area (Å²) in [4.78, 5) is 11.4. The van der Waals surface area contributed by atoms with Crippen LogP contribution in [0.5, 0.6) is 0 Å². The first-order valence-electron chi connectivity index (χ1n) is 7.33. The summed E-state index contributed by atoms with van der Waals surface area (Å²) in [7, 11) is 1.93. The monoisotopic (exact) mass is 262 g/mol. The van der Waals surface area contributed by atoms with Gasteiger partial charge in [0.05, 0.1) is 0 Å². The number of anilines is 2. The number of nitrogens with one attached hydrogen (secondary N) is 1. The molecular weight excluding hydrogens is 236 g/mol. The molecule has 0 bridgehead atoms. The van der Waals surface area contributed by atoms with Gasteiger partial charge in [-0.15, -0.1) is 0 Å². The Bertz CT molecular complexity index is 430. The van der Waals surface area contributed by atoms with Crippen molar-refractivity contribution in [2.45, 2.75) is 52.5 Å². The van der Waals surface area contributed by atoms with Crippen LogP contribution in [0.25, 0.3) is 0 Å². The molecule has 1 aliphatic rings. The molecule has 2 heterocycles. The zero-order valence-electron chi connectivity index (χ0n) is 12.8. The fraction of sp³-hybridized carbons (Fsp3) is 0.733. The Balaban J connectivity index is 2.38. The van der Waals surface area contributed by atoms with Gasteiger partial charge in [0, 0.05) is 25.2 Å². The lowest BCUT2D eigenvalue weighted by atomic mass is 9.92. The van der Waals surface area contributed by atoms with Crippen LogP contribution in [0, 0.1) is 5.92 Å². The minimum atomic E-state index is 0.421. The zero-order valence-corrected chi connectivity index (χ0v) is 12.8. The molecule has 4 heteroatoms. The largest absolute Gasteiger partial charge is 0.373 e. The summed E-state index contributed by atoms with van der Waals surface area (Å²) in [6.45, 7) is 10.2. The number of hydrogen-bond acceptors (Lipinski definition) is 4. The van der Waals surface area contributed by atoms with Crippen LogP contribution in [-0.4, -0.2) is 29.6 Å². The summed E-state index contributed by atoms with van der Waals surface area (Å²) in [6.07, 6.45) is 4.18. The molecule has 0 aliphatic carbocycles. The highest BCUT2D eigenvalue weighted by Crippen LogP contribution is 2.34. The van der Waals surface area contributed by atoms with Crippen molar-refractivity contribution in [2.75, 3.05) is 23.8 Å². The van der Waals surface area contributed by atoms with E-state index in [1.165, 1.54) is 18.4 Å². The van der Waals surface area contributed by atoms with Gasteiger partial charge in [0.2, 0.25) is 0 Å². The van der Waals surface area contributed by atoms with Crippen molar-refractivity contribution in [3.05, 3.63) is 11.9 Å². The maximum atomic E-state index is 4.58. The van der Waals surface area contributed by atoms with E-state index in [1.807, 2.05) is 7.05 Å². The smallest absolute Gasteiger partial charge is 0.137 e. The molecule has 0 spiro atoms. The van der Waals surface area contributed by atoms with E-state index >= 15 is 0 Å². The lowest BCUT2D eigenvalue weighted by Gasteiger charge is -2.38. The topological polar surface area (TPSA) is 41.1 Å². The van der Waals surface area contributed by atoms with E-state index in [0.29, 0.717) is 12.0 Å². The van der Waals surface area contributed by atoms with Gasteiger partial charge >= 0.3 is 0 Å². The quantitative estimate of drug-likeness (QED) is 0.907. The van der Waals surface area contributed by atoms with Gasteiger partial charge in [0.1, 0.15) is 18.0 Å². The van der Waals surface area contributed by atoms with E-state index in [0.717, 1.165) is 24.1 Å². The van der Waals surface area contributed by atoms with Gasteiger partial charge in [-0.25, -0.2) is 9.97 Å². The molecule has 1 aromatic heterocycles. The Morgan fingerprint density at radius 3 is 2.63 bits per heavy atom. The Morgan fingerprint density at radius 1 is 1.32 bits per heavy atom. The highest BCUT2D eigenvalue weighted by atomic mass is 15.2. The third-order valence-electron chi connectivity index (χ3n) is 4.09. The van der Waals surface area contributed by atoms with E-state index in [9.17, 15) is 0 Å². The van der Waals surface area contributed by atoms with Crippen LogP contribution in [-0.2, 0) is 0 Å². The predicted octanol–water partition coefficient (Wildman–Crippen LogP) is 3.27. The minimum absolute atomic E-state index is 0.421. The lowest BCUT2D eigenvalue weighted by molar-refractivity contribution is 0.375. The Kier molecular flexibility index (Phi) is 4.27. The van der Waals surface area contributed by atoms with E-state index in [4.69, 9.17) is 0 Å². The summed E-state index contributed by atoms with van der Waals surface area (Å²) in [6, 6.07) is 0.556. The first-order chi connectivity index (χ1) is 9.04. The Hall–Kier alpha value is -1.32. The number of aromatic nitrogens is 2. The van der Waals surface area contributed by atoms with Gasteiger partial charge in [0.15, 0.2) is 0 Å². The molecule has 0 saturated carbocycles. The van der Waals surface area contributed by atoms with Crippen LogP contribution >= 0.6 is 0 Å². The first-order valence-corrected chi connectivity index (χ1v) is 7.33. The molecule has 0 radical (unpaired) electrons. The average Bonchev–Trinajstić information content (AvgIpc) is 2.37. The molecule has 0 amide bonds. The number of piperidine rings is 1. The molecule has 1 aromatic rings. The second kappa shape index (κ2) is 5.76. The predicted molar refractivity (Wildman–Crippen MR) is 80.9 cm³/mol. The van der Waals surface area contributed by atoms with Crippen LogP contribution in [0.1, 0.15) is 52.0 Å². The van der Waals surface area contributed by atoms with Crippen molar-refractivity contribution in [1.29, 1.82) is 0 Å². The molecule has 2 atom stereocenters. The molecule has 2 rings (SSSR count). The average molecular weight is 262 g/mol. The molecule has 1 fully saturated rings. The molecule has 2 unspecified atom stereocenters. The van der Waals surface area contributed by atoms with Gasteiger partial charge in [0.25, 0.3) is 0 Å². The van der Waals surface area contributed by atoms with Gasteiger partial charge < -0.3 is 10.2 Å². The summed E-state index contributed by atoms with van der Waals surface area (Å²) in [5.41, 5.74) is 1.24. The van der Waals surface area contributed by atoms with Crippen LogP contribution in [0.15, 0.2) is 6.33 Å². The molecule has 1 saturated heterocycles. The number of hydrogen-bond donors (Lipinski definition) is 1. The molecule has 0 aromatic carbocycles. The maximum absolute atomic E-state index is 4.58. The first kappa shape index (κ1) is 14.1. The van der Waals surface area contributed by atoms with Gasteiger partial charge in [-0.1, -0.05) is 20.8 Å². The van der Waals surface area contributed by atoms with Crippen molar-refractivity contribution in [3.63, 3.8) is 0 Å². The lowest BCUT2D eigenvalue weighted by Crippen LogP contribution is -2.41. The Morgan fingerprint density at radius 2 is 2.05 bits per heavy atom. The molecule has 19 heavy (non-hydrogen) atoms. The third-order valence-corrected chi connectivity index (χ3v) is 4.09. The fourth-order valence-electron chi connectivity index (χ4n) is 3.07. The SMILES string of the molecule is CNc1ncnc(N2CCC(C)CC2C)c1C(C)C. The Labute approximate surface area is 116 Å². The normalized spacial score (nSPS) is 23.8.